The van der Waals surface area contributed by atoms with E-state index in [1.54, 1.807) is 52.8 Å². The van der Waals surface area contributed by atoms with Gasteiger partial charge in [0, 0.05) is 5.56 Å². The standard InChI is InChI=1S/C18H24FNO4/c1-12(2)11-14(15(19)21)20(17(23)24-18(3,4)5)16(22)13-9-7-6-8-10-13/h6-10,12,14H,11H2,1-5H3/t14-/m0/s1. The second-order valence-corrected chi connectivity index (χ2v) is 6.97. The van der Waals surface area contributed by atoms with Gasteiger partial charge in [0.1, 0.15) is 11.6 Å². The number of hydrogen-bond acceptors (Lipinski definition) is 4. The number of hydrogen-bond donors (Lipinski definition) is 0. The first-order valence-electron chi connectivity index (χ1n) is 7.84. The predicted molar refractivity (Wildman–Crippen MR) is 88.2 cm³/mol. The molecule has 1 aromatic rings. The zero-order valence-electron chi connectivity index (χ0n) is 14.7. The first-order valence-corrected chi connectivity index (χ1v) is 7.84. The van der Waals surface area contributed by atoms with Gasteiger partial charge in [-0.05, 0) is 45.2 Å². The number of imide groups is 1. The Morgan fingerprint density at radius 3 is 2.08 bits per heavy atom. The number of carbonyl (C=O) groups is 3. The maximum atomic E-state index is 13.6. The molecule has 0 aliphatic carbocycles. The Bertz CT molecular complexity index is 593. The fraction of sp³-hybridized carbons (Fsp3) is 0.500. The smallest absolute Gasteiger partial charge is 0.418 e. The summed E-state index contributed by atoms with van der Waals surface area (Å²) in [6, 6.07) is 4.70. The molecule has 0 radical (unpaired) electrons. The Morgan fingerprint density at radius 2 is 1.67 bits per heavy atom. The third-order valence-corrected chi connectivity index (χ3v) is 3.10. The van der Waals surface area contributed by atoms with E-state index >= 15 is 0 Å². The monoisotopic (exact) mass is 337 g/mol. The third-order valence-electron chi connectivity index (χ3n) is 3.10. The molecule has 0 saturated carbocycles. The molecule has 0 heterocycles. The van der Waals surface area contributed by atoms with Crippen LogP contribution in [-0.4, -0.2) is 34.6 Å². The van der Waals surface area contributed by atoms with E-state index < -0.39 is 29.7 Å². The first kappa shape index (κ1) is 19.8. The molecule has 0 aliphatic rings. The van der Waals surface area contributed by atoms with Crippen LogP contribution in [0.2, 0.25) is 0 Å². The fourth-order valence-corrected chi connectivity index (χ4v) is 2.13. The number of carbonyl (C=O) groups excluding carboxylic acids is 3. The van der Waals surface area contributed by atoms with Gasteiger partial charge in [-0.2, -0.15) is 4.39 Å². The highest BCUT2D eigenvalue weighted by Crippen LogP contribution is 2.20. The largest absolute Gasteiger partial charge is 0.443 e. The van der Waals surface area contributed by atoms with Crippen molar-refractivity contribution < 1.29 is 23.5 Å². The molecule has 1 aromatic carbocycles. The summed E-state index contributed by atoms with van der Waals surface area (Å²) in [6.07, 6.45) is -1.01. The summed E-state index contributed by atoms with van der Waals surface area (Å²) in [6.45, 7) is 8.44. The van der Waals surface area contributed by atoms with Crippen molar-refractivity contribution >= 4 is 18.0 Å². The van der Waals surface area contributed by atoms with Gasteiger partial charge in [0.05, 0.1) is 0 Å². The minimum atomic E-state index is -1.74. The van der Waals surface area contributed by atoms with Crippen molar-refractivity contribution in [3.63, 3.8) is 0 Å². The molecule has 0 aliphatic heterocycles. The van der Waals surface area contributed by atoms with Crippen LogP contribution in [0.5, 0.6) is 0 Å². The van der Waals surface area contributed by atoms with Crippen LogP contribution in [-0.2, 0) is 9.53 Å². The molecule has 0 unspecified atom stereocenters. The lowest BCUT2D eigenvalue weighted by Crippen LogP contribution is -2.50. The maximum absolute atomic E-state index is 13.6. The molecular weight excluding hydrogens is 313 g/mol. The van der Waals surface area contributed by atoms with Crippen LogP contribution < -0.4 is 0 Å². The summed E-state index contributed by atoms with van der Waals surface area (Å²) in [5.74, 6) is -0.857. The average molecular weight is 337 g/mol. The number of benzene rings is 1. The number of amides is 2. The normalized spacial score (nSPS) is 12.6. The highest BCUT2D eigenvalue weighted by molar-refractivity contribution is 6.05. The molecule has 0 spiro atoms. The van der Waals surface area contributed by atoms with E-state index in [0.29, 0.717) is 4.90 Å². The Morgan fingerprint density at radius 1 is 1.12 bits per heavy atom. The summed E-state index contributed by atoms with van der Waals surface area (Å²) >= 11 is 0. The van der Waals surface area contributed by atoms with Crippen LogP contribution in [0, 0.1) is 5.92 Å². The summed E-state index contributed by atoms with van der Waals surface area (Å²) in [7, 11) is 0. The second kappa shape index (κ2) is 8.04. The van der Waals surface area contributed by atoms with Gasteiger partial charge in [0.2, 0.25) is 0 Å². The van der Waals surface area contributed by atoms with Crippen molar-refractivity contribution in [3.8, 4) is 0 Å². The van der Waals surface area contributed by atoms with Gasteiger partial charge in [0.15, 0.2) is 0 Å². The molecule has 0 aromatic heterocycles. The van der Waals surface area contributed by atoms with Crippen LogP contribution in [0.1, 0.15) is 51.4 Å². The molecule has 24 heavy (non-hydrogen) atoms. The van der Waals surface area contributed by atoms with Crippen molar-refractivity contribution in [1.82, 2.24) is 4.90 Å². The molecule has 0 fully saturated rings. The van der Waals surface area contributed by atoms with Crippen molar-refractivity contribution in [1.29, 1.82) is 0 Å². The van der Waals surface area contributed by atoms with Crippen LogP contribution in [0.25, 0.3) is 0 Å². The second-order valence-electron chi connectivity index (χ2n) is 6.97. The van der Waals surface area contributed by atoms with E-state index in [4.69, 9.17) is 4.74 Å². The van der Waals surface area contributed by atoms with E-state index in [2.05, 4.69) is 0 Å². The van der Waals surface area contributed by atoms with Gasteiger partial charge in [-0.25, -0.2) is 9.69 Å². The van der Waals surface area contributed by atoms with Gasteiger partial charge >= 0.3 is 12.1 Å². The quantitative estimate of drug-likeness (QED) is 0.763. The van der Waals surface area contributed by atoms with Gasteiger partial charge in [0.25, 0.3) is 5.91 Å². The predicted octanol–water partition coefficient (Wildman–Crippen LogP) is 3.97. The van der Waals surface area contributed by atoms with Gasteiger partial charge < -0.3 is 4.74 Å². The molecule has 1 rings (SSSR count). The zero-order valence-corrected chi connectivity index (χ0v) is 14.7. The van der Waals surface area contributed by atoms with Crippen LogP contribution in [0.15, 0.2) is 30.3 Å². The minimum Gasteiger partial charge on any atom is -0.443 e. The lowest BCUT2D eigenvalue weighted by atomic mass is 10.0. The number of nitrogens with zero attached hydrogens (tertiary/aromatic N) is 1. The van der Waals surface area contributed by atoms with E-state index in [1.165, 1.54) is 12.1 Å². The fourth-order valence-electron chi connectivity index (χ4n) is 2.13. The summed E-state index contributed by atoms with van der Waals surface area (Å²) in [4.78, 5) is 37.2. The lowest BCUT2D eigenvalue weighted by molar-refractivity contribution is -0.134. The van der Waals surface area contributed by atoms with Crippen molar-refractivity contribution in [3.05, 3.63) is 35.9 Å². The number of rotatable bonds is 5. The van der Waals surface area contributed by atoms with E-state index in [9.17, 15) is 18.8 Å². The maximum Gasteiger partial charge on any atom is 0.418 e. The van der Waals surface area contributed by atoms with Gasteiger partial charge in [-0.1, -0.05) is 32.0 Å². The van der Waals surface area contributed by atoms with Gasteiger partial charge in [-0.3, -0.25) is 9.59 Å². The Labute approximate surface area is 141 Å². The molecule has 1 atom stereocenters. The average Bonchev–Trinajstić information content (AvgIpc) is 2.44. The van der Waals surface area contributed by atoms with Gasteiger partial charge in [-0.15, -0.1) is 0 Å². The molecular formula is C18H24FNO4. The van der Waals surface area contributed by atoms with Crippen molar-refractivity contribution in [2.24, 2.45) is 5.92 Å². The Balaban J connectivity index is 3.26. The molecule has 0 bridgehead atoms. The van der Waals surface area contributed by atoms with Crippen molar-refractivity contribution in [2.75, 3.05) is 0 Å². The summed E-state index contributed by atoms with van der Waals surface area (Å²) < 4.78 is 18.8. The number of halogens is 1. The molecule has 0 N–H and O–H groups in total. The van der Waals surface area contributed by atoms with E-state index in [0.717, 1.165) is 0 Å². The molecule has 2 amide bonds. The zero-order chi connectivity index (χ0) is 18.5. The Hall–Kier alpha value is -2.24. The highest BCUT2D eigenvalue weighted by Gasteiger charge is 2.38. The summed E-state index contributed by atoms with van der Waals surface area (Å²) in [5.41, 5.74) is -0.702. The topological polar surface area (TPSA) is 63.7 Å². The van der Waals surface area contributed by atoms with Crippen LogP contribution in [0.3, 0.4) is 0 Å². The van der Waals surface area contributed by atoms with E-state index in [-0.39, 0.29) is 17.9 Å². The molecule has 5 nitrogen and oxygen atoms in total. The molecule has 0 saturated heterocycles. The molecule has 6 heteroatoms. The molecule has 132 valence electrons. The SMILES string of the molecule is CC(C)C[C@@H](C(=O)F)N(C(=O)OC(C)(C)C)C(=O)c1ccccc1. The first-order chi connectivity index (χ1) is 11.0. The van der Waals surface area contributed by atoms with E-state index in [1.807, 2.05) is 0 Å². The lowest BCUT2D eigenvalue weighted by Gasteiger charge is -2.30. The summed E-state index contributed by atoms with van der Waals surface area (Å²) in [5, 5.41) is 0. The van der Waals surface area contributed by atoms with Crippen molar-refractivity contribution in [2.45, 2.75) is 52.7 Å². The minimum absolute atomic E-state index is 0.0210. The highest BCUT2D eigenvalue weighted by atomic mass is 19.1. The third kappa shape index (κ3) is 5.76. The van der Waals surface area contributed by atoms with Crippen LogP contribution in [0.4, 0.5) is 9.18 Å². The van der Waals surface area contributed by atoms with Crippen LogP contribution >= 0.6 is 0 Å². The Kier molecular flexibility index (Phi) is 6.63. The number of ether oxygens (including phenoxy) is 1.